The van der Waals surface area contributed by atoms with Crippen molar-refractivity contribution in [3.63, 3.8) is 0 Å². The lowest BCUT2D eigenvalue weighted by molar-refractivity contribution is -0.145. The molecule has 1 aliphatic carbocycles. The highest BCUT2D eigenvalue weighted by Gasteiger charge is 2.17. The molecule has 21 heavy (non-hydrogen) atoms. The second-order valence-electron chi connectivity index (χ2n) is 5.41. The molecule has 0 aromatic rings. The van der Waals surface area contributed by atoms with Crippen LogP contribution in [0.15, 0.2) is 40.1 Å². The van der Waals surface area contributed by atoms with Crippen molar-refractivity contribution in [2.24, 2.45) is 5.10 Å². The average molecular weight is 355 g/mol. The van der Waals surface area contributed by atoms with Crippen molar-refractivity contribution in [2.75, 3.05) is 0 Å². The molecule has 0 spiro atoms. The normalized spacial score (nSPS) is 18.9. The molecule has 114 valence electrons. The van der Waals surface area contributed by atoms with Gasteiger partial charge >= 0.3 is 5.97 Å². The highest BCUT2D eigenvalue weighted by atomic mass is 79.9. The van der Waals surface area contributed by atoms with Crippen LogP contribution in [0.4, 0.5) is 0 Å². The molecule has 0 saturated heterocycles. The maximum Gasteiger partial charge on any atom is 0.351 e. The van der Waals surface area contributed by atoms with Crippen molar-refractivity contribution >= 4 is 34.4 Å². The number of ether oxygens (including phenoxy) is 1. The van der Waals surface area contributed by atoms with Gasteiger partial charge in [-0.2, -0.15) is 5.10 Å². The van der Waals surface area contributed by atoms with Crippen LogP contribution < -0.4 is 0 Å². The van der Waals surface area contributed by atoms with Crippen molar-refractivity contribution < 1.29 is 14.3 Å². The third-order valence-corrected chi connectivity index (χ3v) is 2.96. The zero-order valence-corrected chi connectivity index (χ0v) is 13.9. The van der Waals surface area contributed by atoms with Crippen LogP contribution in [0.3, 0.4) is 0 Å². The number of hydrogen-bond donors (Lipinski definition) is 0. The first-order valence-electron chi connectivity index (χ1n) is 6.52. The van der Waals surface area contributed by atoms with Crippen molar-refractivity contribution in [2.45, 2.75) is 38.8 Å². The summed E-state index contributed by atoms with van der Waals surface area (Å²) >= 11 is 3.43. The van der Waals surface area contributed by atoms with Crippen LogP contribution in [0.5, 0.6) is 0 Å². The minimum absolute atomic E-state index is 0.0701. The number of halogens is 1. The van der Waals surface area contributed by atoms with Crippen LogP contribution in [-0.2, 0) is 14.3 Å². The largest absolute Gasteiger partial charge is 0.456 e. The third-order valence-electron chi connectivity index (χ3n) is 2.37. The number of hydrogen-bond acceptors (Lipinski definition) is 5. The van der Waals surface area contributed by atoms with E-state index in [9.17, 15) is 9.59 Å². The fourth-order valence-electron chi connectivity index (χ4n) is 1.61. The Kier molecular flexibility index (Phi) is 6.55. The molecule has 6 heteroatoms. The minimum atomic E-state index is -0.566. The molecule has 1 rings (SSSR count). The number of carbonyl (C=O) groups is 2. The van der Waals surface area contributed by atoms with Gasteiger partial charge < -0.3 is 4.74 Å². The summed E-state index contributed by atoms with van der Waals surface area (Å²) in [7, 11) is 0. The molecule has 0 aliphatic heterocycles. The summed E-state index contributed by atoms with van der Waals surface area (Å²) in [6.07, 6.45) is 11.1. The molecular weight excluding hydrogens is 336 g/mol. The van der Waals surface area contributed by atoms with Gasteiger partial charge in [0, 0.05) is 12.6 Å². The van der Waals surface area contributed by atoms with E-state index in [1.165, 1.54) is 12.3 Å². The number of carbonyl (C=O) groups excluding carboxylic acids is 2. The lowest BCUT2D eigenvalue weighted by Crippen LogP contribution is -2.28. The summed E-state index contributed by atoms with van der Waals surface area (Å²) < 4.78 is 6.17. The molecule has 0 saturated carbocycles. The van der Waals surface area contributed by atoms with Gasteiger partial charge in [-0.1, -0.05) is 34.2 Å². The molecule has 0 aromatic carbocycles. The Balaban J connectivity index is 2.77. The van der Waals surface area contributed by atoms with Crippen molar-refractivity contribution in [3.8, 4) is 0 Å². The van der Waals surface area contributed by atoms with Crippen molar-refractivity contribution in [1.82, 2.24) is 5.01 Å². The van der Waals surface area contributed by atoms with Crippen molar-refractivity contribution in [1.29, 1.82) is 0 Å². The summed E-state index contributed by atoms with van der Waals surface area (Å²) in [6.45, 7) is 5.36. The summed E-state index contributed by atoms with van der Waals surface area (Å²) in [5, 5.41) is 5.64. The van der Waals surface area contributed by atoms with E-state index in [0.29, 0.717) is 12.7 Å². The van der Waals surface area contributed by atoms with Gasteiger partial charge in [0.2, 0.25) is 0 Å². The van der Waals surface area contributed by atoms with Crippen LogP contribution >= 0.6 is 15.9 Å². The monoisotopic (exact) mass is 354 g/mol. The first kappa shape index (κ1) is 17.4. The number of nitrogens with zero attached hydrogens (tertiary/aromatic N) is 2. The molecule has 0 radical (unpaired) electrons. The molecule has 1 aliphatic rings. The fraction of sp³-hybridized carbons (Fsp3) is 0.400. The molecule has 0 heterocycles. The Bertz CT molecular complexity index is 502. The smallest absolute Gasteiger partial charge is 0.351 e. The third kappa shape index (κ3) is 7.04. The number of allylic oxidation sites excluding steroid dienone is 3. The molecule has 0 N–H and O–H groups in total. The van der Waals surface area contributed by atoms with Crippen LogP contribution in [0, 0.1) is 0 Å². The molecule has 1 unspecified atom stereocenters. The summed E-state index contributed by atoms with van der Waals surface area (Å²) in [4.78, 5) is 22.1. The second-order valence-corrected chi connectivity index (χ2v) is 6.42. The Morgan fingerprint density at radius 1 is 1.52 bits per heavy atom. The van der Waals surface area contributed by atoms with Crippen LogP contribution in [0.2, 0.25) is 0 Å². The van der Waals surface area contributed by atoms with E-state index in [-0.39, 0.29) is 6.04 Å². The topological polar surface area (TPSA) is 59.0 Å². The summed E-state index contributed by atoms with van der Waals surface area (Å²) in [5.74, 6) is -0.526. The Morgan fingerprint density at radius 3 is 2.81 bits per heavy atom. The summed E-state index contributed by atoms with van der Waals surface area (Å²) in [5.41, 5.74) is -0.566. The van der Waals surface area contributed by atoms with Crippen LogP contribution in [-0.4, -0.2) is 35.1 Å². The van der Waals surface area contributed by atoms with Gasteiger partial charge in [-0.05, 0) is 31.3 Å². The van der Waals surface area contributed by atoms with Crippen LogP contribution in [0.25, 0.3) is 0 Å². The summed E-state index contributed by atoms with van der Waals surface area (Å²) in [6, 6.07) is -0.0701. The van der Waals surface area contributed by atoms with Gasteiger partial charge in [-0.15, -0.1) is 0 Å². The van der Waals surface area contributed by atoms with E-state index in [1.807, 2.05) is 18.2 Å². The molecule has 0 amide bonds. The highest BCUT2D eigenvalue weighted by molar-refractivity contribution is 9.11. The van der Waals surface area contributed by atoms with Gasteiger partial charge in [0.15, 0.2) is 0 Å². The SMILES string of the molecule is CC(C)(C)OC(=O)/C=N/N(/C=C\C=O)C1C=CC=C(Br)C1. The average Bonchev–Trinajstić information content (AvgIpc) is 2.36. The molecular formula is C15H19BrN2O3. The number of aldehydes is 1. The fourth-order valence-corrected chi connectivity index (χ4v) is 2.09. The lowest BCUT2D eigenvalue weighted by atomic mass is 10.1. The highest BCUT2D eigenvalue weighted by Crippen LogP contribution is 2.22. The quantitative estimate of drug-likeness (QED) is 0.250. The molecule has 5 nitrogen and oxygen atoms in total. The van der Waals surface area contributed by atoms with Crippen LogP contribution in [0.1, 0.15) is 27.2 Å². The van der Waals surface area contributed by atoms with E-state index < -0.39 is 11.6 Å². The Labute approximate surface area is 133 Å². The standard InChI is InChI=1S/C15H19BrN2O3/c1-15(2,3)21-14(20)11-17-18(8-5-9-19)13-7-4-6-12(16)10-13/h4-9,11,13H,10H2,1-3H3/b8-5-,17-11+. The zero-order valence-electron chi connectivity index (χ0n) is 12.3. The number of esters is 1. The van der Waals surface area contributed by atoms with Gasteiger partial charge in [0.25, 0.3) is 0 Å². The van der Waals surface area contributed by atoms with Gasteiger partial charge in [0.05, 0.1) is 6.04 Å². The van der Waals surface area contributed by atoms with E-state index in [0.717, 1.165) is 10.7 Å². The first-order valence-corrected chi connectivity index (χ1v) is 7.31. The number of rotatable bonds is 5. The Morgan fingerprint density at radius 2 is 2.24 bits per heavy atom. The number of hydrazone groups is 1. The molecule has 1 atom stereocenters. The molecule has 0 bridgehead atoms. The van der Waals surface area contributed by atoms with E-state index in [1.54, 1.807) is 25.8 Å². The zero-order chi connectivity index (χ0) is 15.9. The lowest BCUT2D eigenvalue weighted by Gasteiger charge is -2.25. The van der Waals surface area contributed by atoms with E-state index in [4.69, 9.17) is 4.74 Å². The van der Waals surface area contributed by atoms with Gasteiger partial charge in [-0.25, -0.2) is 4.79 Å². The molecule has 0 fully saturated rings. The predicted octanol–water partition coefficient (Wildman–Crippen LogP) is 2.94. The molecule has 0 aromatic heterocycles. The maximum absolute atomic E-state index is 11.7. The Hall–Kier alpha value is -1.69. The second kappa shape index (κ2) is 7.93. The van der Waals surface area contributed by atoms with E-state index in [2.05, 4.69) is 21.0 Å². The van der Waals surface area contributed by atoms with Gasteiger partial charge in [-0.3, -0.25) is 9.80 Å². The predicted molar refractivity (Wildman–Crippen MR) is 85.9 cm³/mol. The first-order chi connectivity index (χ1) is 9.81. The van der Waals surface area contributed by atoms with E-state index >= 15 is 0 Å². The minimum Gasteiger partial charge on any atom is -0.456 e. The van der Waals surface area contributed by atoms with Gasteiger partial charge in [0.1, 0.15) is 18.1 Å². The maximum atomic E-state index is 11.7. The van der Waals surface area contributed by atoms with Crippen molar-refractivity contribution in [3.05, 3.63) is 35.0 Å².